The lowest BCUT2D eigenvalue weighted by Crippen LogP contribution is -2.37. The fourth-order valence-electron chi connectivity index (χ4n) is 2.73. The van der Waals surface area contributed by atoms with E-state index in [1.54, 1.807) is 11.8 Å². The van der Waals surface area contributed by atoms with Crippen molar-refractivity contribution in [2.24, 2.45) is 0 Å². The average Bonchev–Trinajstić information content (AvgIpc) is 2.74. The third-order valence-electron chi connectivity index (χ3n) is 4.15. The van der Waals surface area contributed by atoms with Gasteiger partial charge in [-0.05, 0) is 31.9 Å². The molecule has 0 spiro atoms. The molecule has 3 heteroatoms. The lowest BCUT2D eigenvalue weighted by molar-refractivity contribution is -0.129. The number of hydrogen-bond acceptors (Lipinski definition) is 2. The highest BCUT2D eigenvalue weighted by molar-refractivity contribution is 8.00. The van der Waals surface area contributed by atoms with Gasteiger partial charge in [-0.2, -0.15) is 0 Å². The maximum atomic E-state index is 12.3. The van der Waals surface area contributed by atoms with Crippen LogP contribution in [0.25, 0.3) is 0 Å². The fourth-order valence-corrected chi connectivity index (χ4v) is 3.55. The van der Waals surface area contributed by atoms with Crippen LogP contribution < -0.4 is 0 Å². The largest absolute Gasteiger partial charge is 0.342 e. The molecule has 1 aromatic carbocycles. The summed E-state index contributed by atoms with van der Waals surface area (Å²) in [4.78, 5) is 15.5. The van der Waals surface area contributed by atoms with Gasteiger partial charge >= 0.3 is 0 Å². The van der Waals surface area contributed by atoms with E-state index in [0.29, 0.717) is 11.8 Å². The minimum Gasteiger partial charge on any atom is -0.342 e. The second-order valence-corrected chi connectivity index (χ2v) is 6.80. The molecule has 0 unspecified atom stereocenters. The first kappa shape index (κ1) is 15.4. The van der Waals surface area contributed by atoms with E-state index in [0.717, 1.165) is 0 Å². The molecule has 0 aliphatic heterocycles. The van der Waals surface area contributed by atoms with Crippen LogP contribution in [0.15, 0.2) is 29.2 Å². The van der Waals surface area contributed by atoms with E-state index >= 15 is 0 Å². The zero-order valence-corrected chi connectivity index (χ0v) is 13.4. The van der Waals surface area contributed by atoms with Gasteiger partial charge in [-0.25, -0.2) is 0 Å². The Labute approximate surface area is 126 Å². The minimum atomic E-state index is 0.266. The van der Waals surface area contributed by atoms with E-state index < -0.39 is 0 Å². The first-order valence-electron chi connectivity index (χ1n) is 7.62. The van der Waals surface area contributed by atoms with Crippen LogP contribution in [-0.4, -0.2) is 29.6 Å². The van der Waals surface area contributed by atoms with Gasteiger partial charge in [0.2, 0.25) is 5.91 Å². The van der Waals surface area contributed by atoms with Gasteiger partial charge in [0.1, 0.15) is 0 Å². The highest BCUT2D eigenvalue weighted by atomic mass is 32.2. The average molecular weight is 291 g/mol. The Morgan fingerprint density at radius 2 is 1.75 bits per heavy atom. The van der Waals surface area contributed by atoms with Crippen LogP contribution in [0, 0.1) is 6.92 Å². The van der Waals surface area contributed by atoms with Crippen LogP contribution in [-0.2, 0) is 4.79 Å². The molecule has 0 aromatic heterocycles. The number of amides is 1. The lowest BCUT2D eigenvalue weighted by Gasteiger charge is -2.27. The summed E-state index contributed by atoms with van der Waals surface area (Å²) < 4.78 is 0. The number of benzene rings is 1. The smallest absolute Gasteiger partial charge is 0.232 e. The van der Waals surface area contributed by atoms with Crippen molar-refractivity contribution in [2.45, 2.75) is 56.4 Å². The van der Waals surface area contributed by atoms with E-state index in [1.165, 1.54) is 49.0 Å². The van der Waals surface area contributed by atoms with Crippen LogP contribution in [0.4, 0.5) is 0 Å². The maximum Gasteiger partial charge on any atom is 0.232 e. The molecule has 1 aliphatic carbocycles. The number of carbonyl (C=O) groups excluding carboxylic acids is 1. The Kier molecular flexibility index (Phi) is 5.96. The van der Waals surface area contributed by atoms with Gasteiger partial charge in [-0.15, -0.1) is 11.8 Å². The summed E-state index contributed by atoms with van der Waals surface area (Å²) in [5, 5.41) is 0. The fraction of sp³-hybridized carbons (Fsp3) is 0.588. The summed E-state index contributed by atoms with van der Waals surface area (Å²) in [6.45, 7) is 2.08. The standard InChI is InChI=1S/C17H25NOS/c1-14-9-11-16(12-10-14)20-13-17(19)18(2)15-7-5-3-4-6-8-15/h9-12,15H,3-8,13H2,1-2H3. The van der Waals surface area contributed by atoms with Crippen molar-refractivity contribution in [3.8, 4) is 0 Å². The Hall–Kier alpha value is -0.960. The Bertz CT molecular complexity index is 421. The van der Waals surface area contributed by atoms with Gasteiger partial charge in [0.05, 0.1) is 5.75 Å². The topological polar surface area (TPSA) is 20.3 Å². The summed E-state index contributed by atoms with van der Waals surface area (Å²) >= 11 is 1.64. The highest BCUT2D eigenvalue weighted by Crippen LogP contribution is 2.23. The highest BCUT2D eigenvalue weighted by Gasteiger charge is 2.20. The first-order chi connectivity index (χ1) is 9.66. The second-order valence-electron chi connectivity index (χ2n) is 5.75. The first-order valence-corrected chi connectivity index (χ1v) is 8.60. The molecule has 20 heavy (non-hydrogen) atoms. The molecule has 0 N–H and O–H groups in total. The molecule has 1 saturated carbocycles. The van der Waals surface area contributed by atoms with Crippen molar-refractivity contribution in [1.29, 1.82) is 0 Å². The molecule has 1 fully saturated rings. The van der Waals surface area contributed by atoms with E-state index in [2.05, 4.69) is 31.2 Å². The summed E-state index contributed by atoms with van der Waals surface area (Å²) in [5.41, 5.74) is 1.26. The summed E-state index contributed by atoms with van der Waals surface area (Å²) in [5.74, 6) is 0.818. The van der Waals surface area contributed by atoms with E-state index in [9.17, 15) is 4.79 Å². The van der Waals surface area contributed by atoms with Crippen LogP contribution in [0.2, 0.25) is 0 Å². The molecule has 1 aliphatic rings. The third-order valence-corrected chi connectivity index (χ3v) is 5.15. The molecular weight excluding hydrogens is 266 g/mol. The molecule has 1 amide bonds. The number of thioether (sulfide) groups is 1. The van der Waals surface area contributed by atoms with Crippen molar-refractivity contribution in [3.63, 3.8) is 0 Å². The third kappa shape index (κ3) is 4.55. The summed E-state index contributed by atoms with van der Waals surface area (Å²) in [7, 11) is 1.98. The Morgan fingerprint density at radius 1 is 1.15 bits per heavy atom. The van der Waals surface area contributed by atoms with Gasteiger partial charge in [-0.1, -0.05) is 43.4 Å². The van der Waals surface area contributed by atoms with Crippen molar-refractivity contribution >= 4 is 17.7 Å². The Morgan fingerprint density at radius 3 is 2.35 bits per heavy atom. The van der Waals surface area contributed by atoms with Gasteiger partial charge in [0, 0.05) is 18.0 Å². The number of hydrogen-bond donors (Lipinski definition) is 0. The van der Waals surface area contributed by atoms with E-state index in [1.807, 2.05) is 11.9 Å². The SMILES string of the molecule is Cc1ccc(SCC(=O)N(C)C2CCCCCC2)cc1. The molecule has 0 bridgehead atoms. The maximum absolute atomic E-state index is 12.3. The van der Waals surface area contributed by atoms with Gasteiger partial charge in [0.25, 0.3) is 0 Å². The van der Waals surface area contributed by atoms with Crippen molar-refractivity contribution < 1.29 is 4.79 Å². The van der Waals surface area contributed by atoms with Crippen LogP contribution in [0.1, 0.15) is 44.1 Å². The zero-order valence-electron chi connectivity index (χ0n) is 12.6. The van der Waals surface area contributed by atoms with Crippen molar-refractivity contribution in [3.05, 3.63) is 29.8 Å². The van der Waals surface area contributed by atoms with E-state index in [4.69, 9.17) is 0 Å². The van der Waals surface area contributed by atoms with Gasteiger partial charge < -0.3 is 4.90 Å². The molecule has 0 heterocycles. The summed E-state index contributed by atoms with van der Waals surface area (Å²) in [6, 6.07) is 8.85. The zero-order chi connectivity index (χ0) is 14.4. The van der Waals surface area contributed by atoms with Crippen LogP contribution in [0.3, 0.4) is 0 Å². The van der Waals surface area contributed by atoms with Crippen molar-refractivity contribution in [2.75, 3.05) is 12.8 Å². The molecule has 2 nitrogen and oxygen atoms in total. The monoisotopic (exact) mass is 291 g/mol. The van der Waals surface area contributed by atoms with Gasteiger partial charge in [0.15, 0.2) is 0 Å². The van der Waals surface area contributed by atoms with Crippen molar-refractivity contribution in [1.82, 2.24) is 4.90 Å². The second kappa shape index (κ2) is 7.72. The molecular formula is C17H25NOS. The molecule has 0 radical (unpaired) electrons. The number of aryl methyl sites for hydroxylation is 1. The van der Waals surface area contributed by atoms with Crippen LogP contribution in [0.5, 0.6) is 0 Å². The predicted octanol–water partition coefficient (Wildman–Crippen LogP) is 4.27. The van der Waals surface area contributed by atoms with Crippen LogP contribution >= 0.6 is 11.8 Å². The quantitative estimate of drug-likeness (QED) is 0.610. The van der Waals surface area contributed by atoms with Gasteiger partial charge in [-0.3, -0.25) is 4.79 Å². The number of rotatable bonds is 4. The number of carbonyl (C=O) groups is 1. The predicted molar refractivity (Wildman–Crippen MR) is 86.2 cm³/mol. The lowest BCUT2D eigenvalue weighted by atomic mass is 10.1. The van der Waals surface area contributed by atoms with E-state index in [-0.39, 0.29) is 5.91 Å². The molecule has 0 saturated heterocycles. The normalized spacial score (nSPS) is 16.7. The summed E-state index contributed by atoms with van der Waals surface area (Å²) in [6.07, 6.45) is 7.56. The molecule has 1 aromatic rings. The Balaban J connectivity index is 1.82. The molecule has 2 rings (SSSR count). The number of nitrogens with zero attached hydrogens (tertiary/aromatic N) is 1. The molecule has 110 valence electrons. The minimum absolute atomic E-state index is 0.266. The molecule has 0 atom stereocenters.